The zero-order valence-corrected chi connectivity index (χ0v) is 7.26. The summed E-state index contributed by atoms with van der Waals surface area (Å²) in [5.41, 5.74) is 0. The molecule has 0 aliphatic heterocycles. The monoisotopic (exact) mass is 174 g/mol. The Morgan fingerprint density at radius 1 is 1.50 bits per heavy atom. The van der Waals surface area contributed by atoms with Crippen molar-refractivity contribution in [1.29, 1.82) is 0 Å². The Labute approximate surface area is 71.1 Å². The molecule has 3 N–H and O–H groups in total. The molecular formula is C7H14N2O3. The van der Waals surface area contributed by atoms with Crippen molar-refractivity contribution in [2.24, 2.45) is 0 Å². The molecule has 0 fully saturated rings. The second-order valence-electron chi connectivity index (χ2n) is 2.60. The number of likely N-dealkylation sites (N-methyl/N-ethyl adjacent to an activating group) is 1. The maximum atomic E-state index is 10.9. The predicted molar refractivity (Wildman–Crippen MR) is 43.8 cm³/mol. The SMILES string of the molecule is CNCC(=O)NC(C)CC(=O)O. The van der Waals surface area contributed by atoms with E-state index in [1.807, 2.05) is 0 Å². The summed E-state index contributed by atoms with van der Waals surface area (Å²) in [7, 11) is 1.65. The maximum Gasteiger partial charge on any atom is 0.305 e. The summed E-state index contributed by atoms with van der Waals surface area (Å²) >= 11 is 0. The second kappa shape index (κ2) is 5.54. The molecule has 1 amide bonds. The van der Waals surface area contributed by atoms with E-state index < -0.39 is 5.97 Å². The van der Waals surface area contributed by atoms with Gasteiger partial charge in [0.2, 0.25) is 5.91 Å². The van der Waals surface area contributed by atoms with E-state index in [9.17, 15) is 9.59 Å². The van der Waals surface area contributed by atoms with Crippen molar-refractivity contribution in [2.75, 3.05) is 13.6 Å². The van der Waals surface area contributed by atoms with Crippen LogP contribution in [0.5, 0.6) is 0 Å². The van der Waals surface area contributed by atoms with Crippen LogP contribution in [-0.2, 0) is 9.59 Å². The average molecular weight is 174 g/mol. The fourth-order valence-corrected chi connectivity index (χ4v) is 0.799. The van der Waals surface area contributed by atoms with Crippen molar-refractivity contribution in [1.82, 2.24) is 10.6 Å². The molecule has 0 aliphatic rings. The number of rotatable bonds is 5. The Balaban J connectivity index is 3.61. The number of carbonyl (C=O) groups excluding carboxylic acids is 1. The Hall–Kier alpha value is -1.10. The van der Waals surface area contributed by atoms with Gasteiger partial charge in [-0.1, -0.05) is 0 Å². The van der Waals surface area contributed by atoms with Crippen LogP contribution in [-0.4, -0.2) is 36.6 Å². The van der Waals surface area contributed by atoms with Crippen LogP contribution in [0.4, 0.5) is 0 Å². The molecule has 0 aromatic rings. The van der Waals surface area contributed by atoms with Crippen LogP contribution in [0.15, 0.2) is 0 Å². The van der Waals surface area contributed by atoms with Crippen LogP contribution in [0.2, 0.25) is 0 Å². The third kappa shape index (κ3) is 5.67. The van der Waals surface area contributed by atoms with E-state index in [4.69, 9.17) is 5.11 Å². The molecule has 0 heterocycles. The normalized spacial score (nSPS) is 12.2. The third-order valence-electron chi connectivity index (χ3n) is 1.23. The molecule has 1 unspecified atom stereocenters. The van der Waals surface area contributed by atoms with Crippen molar-refractivity contribution in [3.05, 3.63) is 0 Å². The fraction of sp³-hybridized carbons (Fsp3) is 0.714. The molecular weight excluding hydrogens is 160 g/mol. The number of carboxylic acids is 1. The Morgan fingerprint density at radius 3 is 2.50 bits per heavy atom. The molecule has 0 saturated heterocycles. The maximum absolute atomic E-state index is 10.9. The topological polar surface area (TPSA) is 78.4 Å². The fourth-order valence-electron chi connectivity index (χ4n) is 0.799. The van der Waals surface area contributed by atoms with Gasteiger partial charge >= 0.3 is 5.97 Å². The molecule has 0 bridgehead atoms. The number of carboxylic acid groups (broad SMARTS) is 1. The molecule has 0 aromatic heterocycles. The largest absolute Gasteiger partial charge is 0.481 e. The van der Waals surface area contributed by atoms with Crippen molar-refractivity contribution in [3.8, 4) is 0 Å². The van der Waals surface area contributed by atoms with E-state index in [0.29, 0.717) is 0 Å². The highest BCUT2D eigenvalue weighted by Gasteiger charge is 2.09. The van der Waals surface area contributed by atoms with E-state index in [1.165, 1.54) is 0 Å². The lowest BCUT2D eigenvalue weighted by molar-refractivity contribution is -0.137. The van der Waals surface area contributed by atoms with E-state index in [2.05, 4.69) is 10.6 Å². The minimum absolute atomic E-state index is 0.0462. The molecule has 0 aromatic carbocycles. The molecule has 0 saturated carbocycles. The van der Waals surface area contributed by atoms with E-state index in [1.54, 1.807) is 14.0 Å². The molecule has 1 atom stereocenters. The summed E-state index contributed by atoms with van der Waals surface area (Å²) in [6.45, 7) is 1.87. The van der Waals surface area contributed by atoms with Crippen LogP contribution in [0.1, 0.15) is 13.3 Å². The van der Waals surface area contributed by atoms with Gasteiger partial charge in [0, 0.05) is 6.04 Å². The van der Waals surface area contributed by atoms with Gasteiger partial charge in [-0.15, -0.1) is 0 Å². The number of carbonyl (C=O) groups is 2. The molecule has 0 rings (SSSR count). The molecule has 0 aliphatic carbocycles. The lowest BCUT2D eigenvalue weighted by atomic mass is 10.2. The number of aliphatic carboxylic acids is 1. The summed E-state index contributed by atoms with van der Waals surface area (Å²) in [5.74, 6) is -1.10. The van der Waals surface area contributed by atoms with Crippen LogP contribution in [0.25, 0.3) is 0 Å². The van der Waals surface area contributed by atoms with E-state index in [-0.39, 0.29) is 24.9 Å². The summed E-state index contributed by atoms with van der Waals surface area (Å²) in [6.07, 6.45) is -0.0462. The van der Waals surface area contributed by atoms with Gasteiger partial charge in [0.1, 0.15) is 0 Å². The van der Waals surface area contributed by atoms with Crippen molar-refractivity contribution < 1.29 is 14.7 Å². The zero-order chi connectivity index (χ0) is 9.56. The van der Waals surface area contributed by atoms with Crippen molar-refractivity contribution >= 4 is 11.9 Å². The first-order chi connectivity index (χ1) is 5.56. The molecule has 70 valence electrons. The Bertz CT molecular complexity index is 170. The Morgan fingerprint density at radius 2 is 2.08 bits per heavy atom. The lowest BCUT2D eigenvalue weighted by Crippen LogP contribution is -2.39. The standard InChI is InChI=1S/C7H14N2O3/c1-5(3-7(11)12)9-6(10)4-8-2/h5,8H,3-4H2,1-2H3,(H,9,10)(H,11,12). The smallest absolute Gasteiger partial charge is 0.305 e. The van der Waals surface area contributed by atoms with Crippen molar-refractivity contribution in [2.45, 2.75) is 19.4 Å². The molecule has 5 heteroatoms. The van der Waals surface area contributed by atoms with Crippen LogP contribution in [0.3, 0.4) is 0 Å². The van der Waals surface area contributed by atoms with Crippen molar-refractivity contribution in [3.63, 3.8) is 0 Å². The van der Waals surface area contributed by atoms with Gasteiger partial charge in [0.15, 0.2) is 0 Å². The minimum atomic E-state index is -0.910. The number of nitrogens with one attached hydrogen (secondary N) is 2. The quantitative estimate of drug-likeness (QED) is 0.509. The van der Waals surface area contributed by atoms with Crippen LogP contribution < -0.4 is 10.6 Å². The summed E-state index contributed by atoms with van der Waals surface area (Å²) in [4.78, 5) is 21.1. The van der Waals surface area contributed by atoms with E-state index >= 15 is 0 Å². The molecule has 12 heavy (non-hydrogen) atoms. The Kier molecular flexibility index (Phi) is 5.03. The molecule has 0 spiro atoms. The molecule has 0 radical (unpaired) electrons. The average Bonchev–Trinajstić information content (AvgIpc) is 1.84. The molecule has 5 nitrogen and oxygen atoms in total. The van der Waals surface area contributed by atoms with Gasteiger partial charge in [0.25, 0.3) is 0 Å². The highest BCUT2D eigenvalue weighted by molar-refractivity contribution is 5.79. The minimum Gasteiger partial charge on any atom is -0.481 e. The first kappa shape index (κ1) is 10.9. The highest BCUT2D eigenvalue weighted by atomic mass is 16.4. The highest BCUT2D eigenvalue weighted by Crippen LogP contribution is 1.88. The third-order valence-corrected chi connectivity index (χ3v) is 1.23. The predicted octanol–water partition coefficient (Wildman–Crippen LogP) is -0.815. The lowest BCUT2D eigenvalue weighted by Gasteiger charge is -2.10. The first-order valence-electron chi connectivity index (χ1n) is 3.72. The van der Waals surface area contributed by atoms with E-state index in [0.717, 1.165) is 0 Å². The summed E-state index contributed by atoms with van der Waals surface area (Å²) < 4.78 is 0. The number of amides is 1. The second-order valence-corrected chi connectivity index (χ2v) is 2.60. The van der Waals surface area contributed by atoms with Gasteiger partial charge in [-0.25, -0.2) is 0 Å². The summed E-state index contributed by atoms with van der Waals surface area (Å²) in [5, 5.41) is 13.6. The van der Waals surface area contributed by atoms with Crippen LogP contribution in [0, 0.1) is 0 Å². The van der Waals surface area contributed by atoms with Crippen LogP contribution >= 0.6 is 0 Å². The zero-order valence-electron chi connectivity index (χ0n) is 7.26. The van der Waals surface area contributed by atoms with Gasteiger partial charge in [-0.05, 0) is 14.0 Å². The number of hydrogen-bond donors (Lipinski definition) is 3. The van der Waals surface area contributed by atoms with Gasteiger partial charge in [0.05, 0.1) is 13.0 Å². The first-order valence-corrected chi connectivity index (χ1v) is 3.72. The van der Waals surface area contributed by atoms with Gasteiger partial charge in [-0.2, -0.15) is 0 Å². The van der Waals surface area contributed by atoms with Gasteiger partial charge in [-0.3, -0.25) is 9.59 Å². The summed E-state index contributed by atoms with van der Waals surface area (Å²) in [6, 6.07) is -0.316. The van der Waals surface area contributed by atoms with Gasteiger partial charge < -0.3 is 15.7 Å². The number of hydrogen-bond acceptors (Lipinski definition) is 3.